The van der Waals surface area contributed by atoms with E-state index in [0.29, 0.717) is 12.5 Å². The van der Waals surface area contributed by atoms with Crippen molar-refractivity contribution in [2.24, 2.45) is 5.92 Å². The summed E-state index contributed by atoms with van der Waals surface area (Å²) in [6.45, 7) is 3.79. The Labute approximate surface area is 78.6 Å². The maximum atomic E-state index is 11.2. The first kappa shape index (κ1) is 10.5. The molecule has 13 heavy (non-hydrogen) atoms. The normalized spacial score (nSPS) is 24.3. The lowest BCUT2D eigenvalue weighted by atomic mass is 10.1. The van der Waals surface area contributed by atoms with Crippen molar-refractivity contribution in [3.63, 3.8) is 0 Å². The molecule has 0 aliphatic carbocycles. The summed E-state index contributed by atoms with van der Waals surface area (Å²) < 4.78 is 10.3. The molecule has 1 saturated heterocycles. The van der Waals surface area contributed by atoms with E-state index in [2.05, 4.69) is 5.32 Å². The monoisotopic (exact) mass is 187 g/mol. The summed E-state index contributed by atoms with van der Waals surface area (Å²) in [7, 11) is 1.74. The number of rotatable bonds is 4. The van der Waals surface area contributed by atoms with E-state index in [1.807, 2.05) is 0 Å². The highest BCUT2D eigenvalue weighted by Crippen LogP contribution is 2.12. The maximum Gasteiger partial charge on any atom is 0.322 e. The quantitative estimate of drug-likeness (QED) is 0.637. The maximum absolute atomic E-state index is 11.2. The molecule has 1 rings (SSSR count). The largest absolute Gasteiger partial charge is 0.464 e. The van der Waals surface area contributed by atoms with E-state index in [1.54, 1.807) is 14.0 Å². The minimum absolute atomic E-state index is 0.186. The Kier molecular flexibility index (Phi) is 4.18. The van der Waals surface area contributed by atoms with E-state index >= 15 is 0 Å². The van der Waals surface area contributed by atoms with Crippen LogP contribution in [0.4, 0.5) is 0 Å². The van der Waals surface area contributed by atoms with Crippen molar-refractivity contribution in [1.82, 2.24) is 5.32 Å². The van der Waals surface area contributed by atoms with Gasteiger partial charge in [0.1, 0.15) is 6.04 Å². The Morgan fingerprint density at radius 2 is 2.54 bits per heavy atom. The van der Waals surface area contributed by atoms with Gasteiger partial charge in [-0.25, -0.2) is 0 Å². The fourth-order valence-corrected chi connectivity index (χ4v) is 1.16. The lowest BCUT2D eigenvalue weighted by Gasteiger charge is -2.12. The highest BCUT2D eigenvalue weighted by atomic mass is 16.5. The van der Waals surface area contributed by atoms with Crippen LogP contribution in [0.15, 0.2) is 0 Å². The zero-order chi connectivity index (χ0) is 9.68. The Balaban J connectivity index is 2.13. The van der Waals surface area contributed by atoms with Crippen molar-refractivity contribution in [3.05, 3.63) is 0 Å². The van der Waals surface area contributed by atoms with Crippen LogP contribution in [0.1, 0.15) is 13.3 Å². The van der Waals surface area contributed by atoms with Crippen LogP contribution in [0.2, 0.25) is 0 Å². The predicted octanol–water partition coefficient (Wildman–Crippen LogP) is 0.174. The average molecular weight is 187 g/mol. The van der Waals surface area contributed by atoms with Gasteiger partial charge in [0.15, 0.2) is 0 Å². The molecule has 1 aliphatic rings. The molecule has 0 aromatic heterocycles. The summed E-state index contributed by atoms with van der Waals surface area (Å²) >= 11 is 0. The van der Waals surface area contributed by atoms with Crippen molar-refractivity contribution in [2.75, 3.05) is 26.9 Å². The number of hydrogen-bond donors (Lipinski definition) is 1. The fraction of sp³-hybridized carbons (Fsp3) is 0.889. The topological polar surface area (TPSA) is 47.6 Å². The number of carbonyl (C=O) groups excluding carboxylic acids is 1. The summed E-state index contributed by atoms with van der Waals surface area (Å²) in [6.07, 6.45) is 1.00. The van der Waals surface area contributed by atoms with Gasteiger partial charge in [0, 0.05) is 12.5 Å². The Morgan fingerprint density at radius 1 is 1.77 bits per heavy atom. The number of hydrogen-bond acceptors (Lipinski definition) is 4. The third kappa shape index (κ3) is 3.32. The number of ether oxygens (including phenoxy) is 2. The van der Waals surface area contributed by atoms with Crippen LogP contribution in [0.25, 0.3) is 0 Å². The Hall–Kier alpha value is -0.610. The second kappa shape index (κ2) is 5.19. The van der Waals surface area contributed by atoms with Crippen molar-refractivity contribution in [2.45, 2.75) is 19.4 Å². The molecule has 4 heteroatoms. The lowest BCUT2D eigenvalue weighted by Crippen LogP contribution is -2.33. The van der Waals surface area contributed by atoms with Crippen molar-refractivity contribution >= 4 is 5.97 Å². The second-order valence-electron chi connectivity index (χ2n) is 3.37. The second-order valence-corrected chi connectivity index (χ2v) is 3.37. The van der Waals surface area contributed by atoms with E-state index < -0.39 is 0 Å². The fourth-order valence-electron chi connectivity index (χ4n) is 1.16. The summed E-state index contributed by atoms with van der Waals surface area (Å²) in [5, 5.41) is 2.83. The molecule has 0 aromatic rings. The molecule has 0 amide bonds. The molecule has 1 aliphatic heterocycles. The van der Waals surface area contributed by atoms with Crippen LogP contribution in [-0.4, -0.2) is 38.9 Å². The summed E-state index contributed by atoms with van der Waals surface area (Å²) in [6, 6.07) is -0.220. The number of esters is 1. The molecule has 0 spiro atoms. The van der Waals surface area contributed by atoms with E-state index in [9.17, 15) is 4.79 Å². The average Bonchev–Trinajstić information content (AvgIpc) is 2.65. The minimum Gasteiger partial charge on any atom is -0.464 e. The Morgan fingerprint density at radius 3 is 3.08 bits per heavy atom. The molecule has 76 valence electrons. The molecule has 4 nitrogen and oxygen atoms in total. The molecular weight excluding hydrogens is 170 g/mol. The number of likely N-dealkylation sites (N-methyl/N-ethyl adjacent to an activating group) is 1. The van der Waals surface area contributed by atoms with E-state index in [4.69, 9.17) is 9.47 Å². The zero-order valence-corrected chi connectivity index (χ0v) is 8.21. The summed E-state index contributed by atoms with van der Waals surface area (Å²) in [5.41, 5.74) is 0. The van der Waals surface area contributed by atoms with E-state index in [0.717, 1.165) is 19.6 Å². The van der Waals surface area contributed by atoms with Crippen molar-refractivity contribution in [3.8, 4) is 0 Å². The molecular formula is C9H17NO3. The van der Waals surface area contributed by atoms with Crippen LogP contribution in [-0.2, 0) is 14.3 Å². The van der Waals surface area contributed by atoms with Gasteiger partial charge in [-0.15, -0.1) is 0 Å². The highest BCUT2D eigenvalue weighted by molar-refractivity contribution is 5.75. The van der Waals surface area contributed by atoms with Crippen LogP contribution >= 0.6 is 0 Å². The van der Waals surface area contributed by atoms with Crippen LogP contribution in [0.3, 0.4) is 0 Å². The SMILES string of the molecule is CNC(C)C(=O)OCC1CCOC1. The smallest absolute Gasteiger partial charge is 0.322 e. The van der Waals surface area contributed by atoms with Gasteiger partial charge >= 0.3 is 5.97 Å². The molecule has 0 aromatic carbocycles. The van der Waals surface area contributed by atoms with Crippen molar-refractivity contribution in [1.29, 1.82) is 0 Å². The first-order valence-corrected chi connectivity index (χ1v) is 4.65. The third-order valence-electron chi connectivity index (χ3n) is 2.27. The molecule has 2 unspecified atom stereocenters. The molecule has 1 N–H and O–H groups in total. The van der Waals surface area contributed by atoms with Gasteiger partial charge in [0.25, 0.3) is 0 Å². The lowest BCUT2D eigenvalue weighted by molar-refractivity contribution is -0.146. The van der Waals surface area contributed by atoms with Gasteiger partial charge in [-0.3, -0.25) is 4.79 Å². The summed E-state index contributed by atoms with van der Waals surface area (Å²) in [4.78, 5) is 11.2. The standard InChI is InChI=1S/C9H17NO3/c1-7(10-2)9(11)13-6-8-3-4-12-5-8/h7-8,10H,3-6H2,1-2H3. The first-order chi connectivity index (χ1) is 6.24. The molecule has 1 fully saturated rings. The van der Waals surface area contributed by atoms with E-state index in [-0.39, 0.29) is 12.0 Å². The molecule has 0 radical (unpaired) electrons. The molecule has 0 bridgehead atoms. The number of nitrogens with one attached hydrogen (secondary N) is 1. The first-order valence-electron chi connectivity index (χ1n) is 4.65. The van der Waals surface area contributed by atoms with Crippen molar-refractivity contribution < 1.29 is 14.3 Å². The Bertz CT molecular complexity index is 166. The van der Waals surface area contributed by atoms with Crippen LogP contribution in [0, 0.1) is 5.92 Å². The van der Waals surface area contributed by atoms with Gasteiger partial charge < -0.3 is 14.8 Å². The number of carbonyl (C=O) groups is 1. The van der Waals surface area contributed by atoms with Crippen LogP contribution < -0.4 is 5.32 Å². The van der Waals surface area contributed by atoms with Gasteiger partial charge in [-0.2, -0.15) is 0 Å². The van der Waals surface area contributed by atoms with E-state index in [1.165, 1.54) is 0 Å². The predicted molar refractivity (Wildman–Crippen MR) is 48.4 cm³/mol. The van der Waals surface area contributed by atoms with Gasteiger partial charge in [0.2, 0.25) is 0 Å². The van der Waals surface area contributed by atoms with Crippen LogP contribution in [0.5, 0.6) is 0 Å². The zero-order valence-electron chi connectivity index (χ0n) is 8.21. The highest BCUT2D eigenvalue weighted by Gasteiger charge is 2.19. The minimum atomic E-state index is -0.220. The molecule has 2 atom stereocenters. The molecule has 1 heterocycles. The van der Waals surface area contributed by atoms with Gasteiger partial charge in [-0.05, 0) is 20.4 Å². The molecule has 0 saturated carbocycles. The van der Waals surface area contributed by atoms with Gasteiger partial charge in [0.05, 0.1) is 13.2 Å². The third-order valence-corrected chi connectivity index (χ3v) is 2.27. The summed E-state index contributed by atoms with van der Waals surface area (Å²) in [5.74, 6) is 0.211. The van der Waals surface area contributed by atoms with Gasteiger partial charge in [-0.1, -0.05) is 0 Å².